The van der Waals surface area contributed by atoms with E-state index in [-0.39, 0.29) is 18.2 Å². The molecule has 0 fully saturated rings. The maximum Gasteiger partial charge on any atom is 0.303 e. The Morgan fingerprint density at radius 2 is 2.21 bits per heavy atom. The van der Waals surface area contributed by atoms with Crippen LogP contribution in [-0.2, 0) is 4.79 Å². The van der Waals surface area contributed by atoms with Crippen LogP contribution in [0, 0.1) is 17.0 Å². The molecule has 0 saturated heterocycles. The van der Waals surface area contributed by atoms with Crippen LogP contribution in [-0.4, -0.2) is 22.0 Å². The van der Waals surface area contributed by atoms with E-state index < -0.39 is 10.9 Å². The third-order valence-corrected chi connectivity index (χ3v) is 2.87. The van der Waals surface area contributed by atoms with Crippen LogP contribution in [0.25, 0.3) is 0 Å². The Hall–Kier alpha value is -2.11. The molecule has 0 radical (unpaired) electrons. The molecule has 0 spiro atoms. The van der Waals surface area contributed by atoms with Crippen LogP contribution in [0.2, 0.25) is 0 Å². The van der Waals surface area contributed by atoms with Crippen molar-refractivity contribution in [3.8, 4) is 0 Å². The first-order valence-corrected chi connectivity index (χ1v) is 6.14. The summed E-state index contributed by atoms with van der Waals surface area (Å²) >= 11 is 0. The highest BCUT2D eigenvalue weighted by Crippen LogP contribution is 2.28. The van der Waals surface area contributed by atoms with Crippen molar-refractivity contribution in [2.45, 2.75) is 39.2 Å². The van der Waals surface area contributed by atoms with Gasteiger partial charge in [0.25, 0.3) is 5.69 Å². The number of carbonyl (C=O) groups is 1. The fourth-order valence-corrected chi connectivity index (χ4v) is 1.87. The van der Waals surface area contributed by atoms with Crippen LogP contribution in [0.4, 0.5) is 11.4 Å². The van der Waals surface area contributed by atoms with Crippen LogP contribution in [0.1, 0.15) is 31.7 Å². The number of benzene rings is 1. The number of hydrogen-bond donors (Lipinski definition) is 2. The summed E-state index contributed by atoms with van der Waals surface area (Å²) in [4.78, 5) is 21.0. The molecule has 0 amide bonds. The summed E-state index contributed by atoms with van der Waals surface area (Å²) in [5, 5.41) is 22.6. The molecule has 0 heterocycles. The van der Waals surface area contributed by atoms with Gasteiger partial charge in [0.1, 0.15) is 5.69 Å². The Kier molecular flexibility index (Phi) is 5.29. The Balaban J connectivity index is 2.70. The Labute approximate surface area is 111 Å². The molecule has 0 aliphatic heterocycles. The molecule has 0 aliphatic rings. The van der Waals surface area contributed by atoms with Gasteiger partial charge < -0.3 is 10.4 Å². The van der Waals surface area contributed by atoms with E-state index in [9.17, 15) is 14.9 Å². The van der Waals surface area contributed by atoms with Crippen LogP contribution < -0.4 is 5.32 Å². The van der Waals surface area contributed by atoms with Gasteiger partial charge in [0.05, 0.1) is 4.92 Å². The minimum Gasteiger partial charge on any atom is -0.481 e. The fraction of sp³-hybridized carbons (Fsp3) is 0.462. The number of nitrogens with zero attached hydrogens (tertiary/aromatic N) is 1. The lowest BCUT2D eigenvalue weighted by molar-refractivity contribution is -0.384. The number of carboxylic acids is 1. The fourth-order valence-electron chi connectivity index (χ4n) is 1.87. The third kappa shape index (κ3) is 4.57. The predicted molar refractivity (Wildman–Crippen MR) is 72.4 cm³/mol. The number of hydrogen-bond acceptors (Lipinski definition) is 4. The van der Waals surface area contributed by atoms with Crippen molar-refractivity contribution in [2.24, 2.45) is 0 Å². The molecule has 6 heteroatoms. The van der Waals surface area contributed by atoms with E-state index in [2.05, 4.69) is 5.32 Å². The molecular formula is C13H18N2O4. The number of aryl methyl sites for hydroxylation is 1. The highest BCUT2D eigenvalue weighted by Gasteiger charge is 2.17. The van der Waals surface area contributed by atoms with Gasteiger partial charge in [-0.25, -0.2) is 0 Å². The van der Waals surface area contributed by atoms with E-state index >= 15 is 0 Å². The van der Waals surface area contributed by atoms with Gasteiger partial charge in [-0.05, 0) is 32.3 Å². The minimum atomic E-state index is -0.825. The van der Waals surface area contributed by atoms with Gasteiger partial charge in [0.2, 0.25) is 0 Å². The van der Waals surface area contributed by atoms with Crippen molar-refractivity contribution in [2.75, 3.05) is 5.32 Å². The summed E-state index contributed by atoms with van der Waals surface area (Å²) in [5.41, 5.74) is 1.36. The van der Waals surface area contributed by atoms with Crippen molar-refractivity contribution in [3.05, 3.63) is 33.9 Å². The lowest BCUT2D eigenvalue weighted by Crippen LogP contribution is -2.17. The first-order valence-electron chi connectivity index (χ1n) is 6.14. The number of nitrogens with one attached hydrogen (secondary N) is 1. The van der Waals surface area contributed by atoms with E-state index in [1.165, 1.54) is 6.07 Å². The van der Waals surface area contributed by atoms with E-state index in [1.54, 1.807) is 19.1 Å². The zero-order chi connectivity index (χ0) is 14.4. The molecule has 0 bridgehead atoms. The molecule has 0 aromatic heterocycles. The van der Waals surface area contributed by atoms with Crippen molar-refractivity contribution in [1.82, 2.24) is 0 Å². The number of para-hydroxylation sites is 1. The summed E-state index contributed by atoms with van der Waals surface area (Å²) in [7, 11) is 0. The lowest BCUT2D eigenvalue weighted by atomic mass is 10.1. The first-order chi connectivity index (χ1) is 8.91. The van der Waals surface area contributed by atoms with Gasteiger partial charge in [0, 0.05) is 18.5 Å². The Morgan fingerprint density at radius 1 is 1.53 bits per heavy atom. The summed E-state index contributed by atoms with van der Waals surface area (Å²) in [6.45, 7) is 3.69. The molecule has 1 aromatic carbocycles. The number of rotatable bonds is 7. The minimum absolute atomic E-state index is 0.0147. The molecular weight excluding hydrogens is 248 g/mol. The standard InChI is InChI=1S/C13H18N2O4/c1-9-5-3-7-11(15(18)19)13(9)14-10(2)6-4-8-12(16)17/h3,5,7,10,14H,4,6,8H2,1-2H3,(H,16,17). The third-order valence-electron chi connectivity index (χ3n) is 2.87. The zero-order valence-corrected chi connectivity index (χ0v) is 11.0. The number of nitro benzene ring substituents is 1. The normalized spacial score (nSPS) is 11.9. The van der Waals surface area contributed by atoms with Gasteiger partial charge in [0.15, 0.2) is 0 Å². The van der Waals surface area contributed by atoms with Crippen LogP contribution >= 0.6 is 0 Å². The van der Waals surface area contributed by atoms with Crippen molar-refractivity contribution >= 4 is 17.3 Å². The molecule has 1 rings (SSSR count). The Morgan fingerprint density at radius 3 is 2.79 bits per heavy atom. The molecule has 1 unspecified atom stereocenters. The molecule has 0 saturated carbocycles. The van der Waals surface area contributed by atoms with Gasteiger partial charge in [-0.15, -0.1) is 0 Å². The Bertz CT molecular complexity index is 474. The van der Waals surface area contributed by atoms with Crippen LogP contribution in [0.3, 0.4) is 0 Å². The maximum atomic E-state index is 10.9. The summed E-state index contributed by atoms with van der Waals surface area (Å²) < 4.78 is 0. The molecule has 104 valence electrons. The van der Waals surface area contributed by atoms with E-state index in [1.807, 2.05) is 6.92 Å². The lowest BCUT2D eigenvalue weighted by Gasteiger charge is -2.16. The second-order valence-electron chi connectivity index (χ2n) is 4.56. The quantitative estimate of drug-likeness (QED) is 0.584. The average Bonchev–Trinajstić information content (AvgIpc) is 2.30. The molecule has 0 aliphatic carbocycles. The van der Waals surface area contributed by atoms with Gasteiger partial charge in [-0.2, -0.15) is 0 Å². The number of carboxylic acid groups (broad SMARTS) is 1. The zero-order valence-electron chi connectivity index (χ0n) is 11.0. The molecule has 6 nitrogen and oxygen atoms in total. The number of anilines is 1. The van der Waals surface area contributed by atoms with E-state index in [4.69, 9.17) is 5.11 Å². The first kappa shape index (κ1) is 14.9. The van der Waals surface area contributed by atoms with E-state index in [0.29, 0.717) is 18.5 Å². The summed E-state index contributed by atoms with van der Waals surface area (Å²) in [5.74, 6) is -0.825. The van der Waals surface area contributed by atoms with Crippen molar-refractivity contribution in [3.63, 3.8) is 0 Å². The van der Waals surface area contributed by atoms with E-state index in [0.717, 1.165) is 5.56 Å². The second kappa shape index (κ2) is 6.72. The van der Waals surface area contributed by atoms with Crippen molar-refractivity contribution < 1.29 is 14.8 Å². The largest absolute Gasteiger partial charge is 0.481 e. The molecule has 1 atom stereocenters. The SMILES string of the molecule is Cc1cccc([N+](=O)[O-])c1NC(C)CCCC(=O)O. The monoisotopic (exact) mass is 266 g/mol. The predicted octanol–water partition coefficient (Wildman–Crippen LogP) is 2.96. The second-order valence-corrected chi connectivity index (χ2v) is 4.56. The number of aliphatic carboxylic acids is 1. The van der Waals surface area contributed by atoms with Gasteiger partial charge in [-0.3, -0.25) is 14.9 Å². The topological polar surface area (TPSA) is 92.5 Å². The van der Waals surface area contributed by atoms with Gasteiger partial charge in [-0.1, -0.05) is 12.1 Å². The number of nitro groups is 1. The molecule has 1 aromatic rings. The maximum absolute atomic E-state index is 10.9. The highest BCUT2D eigenvalue weighted by molar-refractivity contribution is 5.67. The molecule has 2 N–H and O–H groups in total. The summed E-state index contributed by atoms with van der Waals surface area (Å²) in [6, 6.07) is 4.89. The van der Waals surface area contributed by atoms with Crippen LogP contribution in [0.5, 0.6) is 0 Å². The van der Waals surface area contributed by atoms with Crippen LogP contribution in [0.15, 0.2) is 18.2 Å². The van der Waals surface area contributed by atoms with Gasteiger partial charge >= 0.3 is 5.97 Å². The highest BCUT2D eigenvalue weighted by atomic mass is 16.6. The summed E-state index contributed by atoms with van der Waals surface area (Å²) in [6.07, 6.45) is 1.31. The smallest absolute Gasteiger partial charge is 0.303 e. The molecule has 19 heavy (non-hydrogen) atoms. The average molecular weight is 266 g/mol. The van der Waals surface area contributed by atoms with Crippen molar-refractivity contribution in [1.29, 1.82) is 0 Å².